The molecule has 1 N–H and O–H groups in total. The van der Waals surface area contributed by atoms with Crippen LogP contribution in [-0.2, 0) is 16.0 Å². The highest BCUT2D eigenvalue weighted by Crippen LogP contribution is 2.17. The van der Waals surface area contributed by atoms with Gasteiger partial charge in [0.2, 0.25) is 5.95 Å². The SMILES string of the molecule is COCCNc1nc(C)cn1CCC1CCCO1. The monoisotopic (exact) mass is 253 g/mol. The van der Waals surface area contributed by atoms with E-state index in [1.54, 1.807) is 7.11 Å². The minimum Gasteiger partial charge on any atom is -0.383 e. The Morgan fingerprint density at radius 1 is 1.61 bits per heavy atom. The molecule has 0 radical (unpaired) electrons. The molecular formula is C13H23N3O2. The first-order valence-electron chi connectivity index (χ1n) is 6.68. The van der Waals surface area contributed by atoms with Crippen LogP contribution in [0.1, 0.15) is 25.0 Å². The fraction of sp³-hybridized carbons (Fsp3) is 0.769. The first kappa shape index (κ1) is 13.4. The van der Waals surface area contributed by atoms with Gasteiger partial charge < -0.3 is 19.4 Å². The van der Waals surface area contributed by atoms with Gasteiger partial charge in [-0.2, -0.15) is 0 Å². The van der Waals surface area contributed by atoms with Gasteiger partial charge in [0, 0.05) is 33.0 Å². The van der Waals surface area contributed by atoms with Crippen LogP contribution >= 0.6 is 0 Å². The van der Waals surface area contributed by atoms with Crippen LogP contribution in [0.4, 0.5) is 5.95 Å². The summed E-state index contributed by atoms with van der Waals surface area (Å²) in [5.74, 6) is 0.933. The van der Waals surface area contributed by atoms with Gasteiger partial charge in [0.05, 0.1) is 18.4 Å². The number of rotatable bonds is 7. The lowest BCUT2D eigenvalue weighted by atomic mass is 10.2. The van der Waals surface area contributed by atoms with Crippen LogP contribution in [0.15, 0.2) is 6.20 Å². The number of imidazole rings is 1. The molecule has 2 heterocycles. The van der Waals surface area contributed by atoms with E-state index in [-0.39, 0.29) is 0 Å². The van der Waals surface area contributed by atoms with E-state index in [0.717, 1.165) is 37.8 Å². The van der Waals surface area contributed by atoms with Crippen molar-refractivity contribution in [2.75, 3.05) is 32.2 Å². The smallest absolute Gasteiger partial charge is 0.203 e. The lowest BCUT2D eigenvalue weighted by Crippen LogP contribution is -2.14. The summed E-state index contributed by atoms with van der Waals surface area (Å²) in [5, 5.41) is 3.30. The number of hydrogen-bond acceptors (Lipinski definition) is 4. The van der Waals surface area contributed by atoms with Gasteiger partial charge in [0.1, 0.15) is 0 Å². The summed E-state index contributed by atoms with van der Waals surface area (Å²) >= 11 is 0. The zero-order chi connectivity index (χ0) is 12.8. The number of aromatic nitrogens is 2. The number of nitrogens with one attached hydrogen (secondary N) is 1. The number of ether oxygens (including phenoxy) is 2. The van der Waals surface area contributed by atoms with Crippen LogP contribution in [0.2, 0.25) is 0 Å². The molecule has 102 valence electrons. The molecule has 1 aliphatic heterocycles. The van der Waals surface area contributed by atoms with Gasteiger partial charge in [-0.15, -0.1) is 0 Å². The number of nitrogens with zero attached hydrogens (tertiary/aromatic N) is 2. The van der Waals surface area contributed by atoms with Crippen molar-refractivity contribution in [2.45, 2.75) is 38.8 Å². The second kappa shape index (κ2) is 6.75. The van der Waals surface area contributed by atoms with Crippen molar-refractivity contribution in [1.82, 2.24) is 9.55 Å². The maximum Gasteiger partial charge on any atom is 0.203 e. The summed E-state index contributed by atoms with van der Waals surface area (Å²) in [6.45, 7) is 5.38. The van der Waals surface area contributed by atoms with Crippen molar-refractivity contribution in [3.8, 4) is 0 Å². The molecule has 0 saturated carbocycles. The molecule has 1 aromatic heterocycles. The van der Waals surface area contributed by atoms with Gasteiger partial charge in [-0.05, 0) is 26.2 Å². The molecule has 1 aliphatic rings. The Labute approximate surface area is 108 Å². The fourth-order valence-corrected chi connectivity index (χ4v) is 2.28. The third-order valence-electron chi connectivity index (χ3n) is 3.20. The summed E-state index contributed by atoms with van der Waals surface area (Å²) in [4.78, 5) is 4.48. The van der Waals surface area contributed by atoms with E-state index in [0.29, 0.717) is 12.7 Å². The average molecular weight is 253 g/mol. The van der Waals surface area contributed by atoms with Crippen LogP contribution in [0.25, 0.3) is 0 Å². The van der Waals surface area contributed by atoms with E-state index in [2.05, 4.69) is 21.1 Å². The first-order chi connectivity index (χ1) is 8.79. The van der Waals surface area contributed by atoms with Crippen molar-refractivity contribution < 1.29 is 9.47 Å². The topological polar surface area (TPSA) is 48.3 Å². The van der Waals surface area contributed by atoms with Gasteiger partial charge >= 0.3 is 0 Å². The van der Waals surface area contributed by atoms with E-state index >= 15 is 0 Å². The molecule has 0 aromatic carbocycles. The second-order valence-electron chi connectivity index (χ2n) is 4.74. The Morgan fingerprint density at radius 2 is 2.50 bits per heavy atom. The van der Waals surface area contributed by atoms with Gasteiger partial charge in [0.25, 0.3) is 0 Å². The summed E-state index contributed by atoms with van der Waals surface area (Å²) in [5.41, 5.74) is 1.04. The zero-order valence-electron chi connectivity index (χ0n) is 11.3. The molecule has 5 nitrogen and oxygen atoms in total. The average Bonchev–Trinajstić information content (AvgIpc) is 2.97. The number of aryl methyl sites for hydroxylation is 2. The van der Waals surface area contributed by atoms with Crippen LogP contribution in [0, 0.1) is 6.92 Å². The third kappa shape index (κ3) is 3.71. The summed E-state index contributed by atoms with van der Waals surface area (Å²) in [6, 6.07) is 0. The Hall–Kier alpha value is -1.07. The highest BCUT2D eigenvalue weighted by molar-refractivity contribution is 5.28. The van der Waals surface area contributed by atoms with Crippen molar-refractivity contribution in [1.29, 1.82) is 0 Å². The standard InChI is InChI=1S/C13H23N3O2/c1-11-10-16(7-5-12-4-3-8-18-12)13(15-11)14-6-9-17-2/h10,12H,3-9H2,1-2H3,(H,14,15). The molecular weight excluding hydrogens is 230 g/mol. The molecule has 1 atom stereocenters. The van der Waals surface area contributed by atoms with Crippen molar-refractivity contribution in [3.63, 3.8) is 0 Å². The third-order valence-corrected chi connectivity index (χ3v) is 3.20. The Morgan fingerprint density at radius 3 is 3.22 bits per heavy atom. The van der Waals surface area contributed by atoms with Gasteiger partial charge in [0.15, 0.2) is 0 Å². The minimum absolute atomic E-state index is 0.430. The van der Waals surface area contributed by atoms with Gasteiger partial charge in [-0.3, -0.25) is 0 Å². The molecule has 18 heavy (non-hydrogen) atoms. The Kier molecular flexibility index (Phi) is 5.01. The predicted octanol–water partition coefficient (Wildman–Crippen LogP) is 1.82. The van der Waals surface area contributed by atoms with Gasteiger partial charge in [-0.1, -0.05) is 0 Å². The van der Waals surface area contributed by atoms with E-state index in [9.17, 15) is 0 Å². The van der Waals surface area contributed by atoms with Crippen molar-refractivity contribution in [3.05, 3.63) is 11.9 Å². The molecule has 0 aliphatic carbocycles. The van der Waals surface area contributed by atoms with E-state index in [1.165, 1.54) is 12.8 Å². The molecule has 0 spiro atoms. The van der Waals surface area contributed by atoms with Crippen molar-refractivity contribution in [2.24, 2.45) is 0 Å². The van der Waals surface area contributed by atoms with Crippen LogP contribution in [0.3, 0.4) is 0 Å². The second-order valence-corrected chi connectivity index (χ2v) is 4.74. The zero-order valence-corrected chi connectivity index (χ0v) is 11.3. The number of methoxy groups -OCH3 is 1. The predicted molar refractivity (Wildman–Crippen MR) is 70.9 cm³/mol. The summed E-state index contributed by atoms with van der Waals surface area (Å²) in [7, 11) is 1.71. The highest BCUT2D eigenvalue weighted by atomic mass is 16.5. The maximum absolute atomic E-state index is 5.65. The molecule has 1 unspecified atom stereocenters. The lowest BCUT2D eigenvalue weighted by Gasteiger charge is -2.12. The fourth-order valence-electron chi connectivity index (χ4n) is 2.28. The quantitative estimate of drug-likeness (QED) is 0.753. The Balaban J connectivity index is 1.85. The van der Waals surface area contributed by atoms with Crippen LogP contribution in [0.5, 0.6) is 0 Å². The first-order valence-corrected chi connectivity index (χ1v) is 6.68. The normalized spacial score (nSPS) is 19.3. The van der Waals surface area contributed by atoms with E-state index < -0.39 is 0 Å². The summed E-state index contributed by atoms with van der Waals surface area (Å²) in [6.07, 6.45) is 5.98. The summed E-state index contributed by atoms with van der Waals surface area (Å²) < 4.78 is 12.9. The van der Waals surface area contributed by atoms with E-state index in [4.69, 9.17) is 9.47 Å². The van der Waals surface area contributed by atoms with Crippen LogP contribution in [-0.4, -0.2) is 42.5 Å². The van der Waals surface area contributed by atoms with Crippen molar-refractivity contribution >= 4 is 5.95 Å². The molecule has 1 aromatic rings. The number of hydrogen-bond donors (Lipinski definition) is 1. The van der Waals surface area contributed by atoms with E-state index in [1.807, 2.05) is 6.92 Å². The minimum atomic E-state index is 0.430. The number of anilines is 1. The molecule has 5 heteroatoms. The Bertz CT molecular complexity index is 359. The lowest BCUT2D eigenvalue weighted by molar-refractivity contribution is 0.100. The molecule has 0 bridgehead atoms. The molecule has 0 amide bonds. The molecule has 1 saturated heterocycles. The molecule has 1 fully saturated rings. The molecule has 2 rings (SSSR count). The highest BCUT2D eigenvalue weighted by Gasteiger charge is 2.16. The van der Waals surface area contributed by atoms with Crippen LogP contribution < -0.4 is 5.32 Å². The largest absolute Gasteiger partial charge is 0.383 e. The van der Waals surface area contributed by atoms with Gasteiger partial charge in [-0.25, -0.2) is 4.98 Å². The maximum atomic E-state index is 5.65.